The van der Waals surface area contributed by atoms with Gasteiger partial charge in [0.15, 0.2) is 0 Å². The van der Waals surface area contributed by atoms with Crippen molar-refractivity contribution in [2.75, 3.05) is 6.54 Å². The van der Waals surface area contributed by atoms with Crippen LogP contribution >= 0.6 is 11.3 Å². The lowest BCUT2D eigenvalue weighted by atomic mass is 10.00. The maximum Gasteiger partial charge on any atom is 0.279 e. The first-order chi connectivity index (χ1) is 13.5. The first-order valence-corrected chi connectivity index (χ1v) is 10.1. The number of hydrazine groups is 1. The molecule has 1 heterocycles. The number of hydrogen-bond donors (Lipinski definition) is 3. The summed E-state index contributed by atoms with van der Waals surface area (Å²) >= 11 is 1.47. The van der Waals surface area contributed by atoms with Crippen molar-refractivity contribution in [1.29, 1.82) is 0 Å². The van der Waals surface area contributed by atoms with Crippen molar-refractivity contribution in [3.8, 4) is 0 Å². The second-order valence-electron chi connectivity index (χ2n) is 6.67. The van der Waals surface area contributed by atoms with Crippen molar-refractivity contribution < 1.29 is 18.8 Å². The minimum absolute atomic E-state index is 0.245. The third-order valence-electron chi connectivity index (χ3n) is 4.55. The average Bonchev–Trinajstić information content (AvgIpc) is 3.06. The molecule has 0 aliphatic heterocycles. The molecule has 0 saturated heterocycles. The summed E-state index contributed by atoms with van der Waals surface area (Å²) in [6, 6.07) is 6.89. The highest BCUT2D eigenvalue weighted by atomic mass is 32.1. The number of hydrogen-bond acceptors (Lipinski definition) is 4. The molecule has 3 amide bonds. The molecule has 0 unspecified atom stereocenters. The monoisotopic (exact) mass is 403 g/mol. The van der Waals surface area contributed by atoms with E-state index in [2.05, 4.69) is 16.2 Å². The van der Waals surface area contributed by atoms with Crippen molar-refractivity contribution in [2.45, 2.75) is 38.5 Å². The van der Waals surface area contributed by atoms with Gasteiger partial charge in [-0.3, -0.25) is 25.2 Å². The fourth-order valence-corrected chi connectivity index (χ4v) is 4.20. The van der Waals surface area contributed by atoms with Gasteiger partial charge in [-0.05, 0) is 61.6 Å². The Morgan fingerprint density at radius 1 is 0.929 bits per heavy atom. The van der Waals surface area contributed by atoms with Crippen LogP contribution in [-0.2, 0) is 17.6 Å². The van der Waals surface area contributed by atoms with Crippen LogP contribution < -0.4 is 16.2 Å². The Kier molecular flexibility index (Phi) is 6.76. The van der Waals surface area contributed by atoms with Crippen LogP contribution in [0.4, 0.5) is 4.39 Å². The first-order valence-electron chi connectivity index (χ1n) is 9.27. The molecule has 3 rings (SSSR count). The third kappa shape index (κ3) is 5.39. The fraction of sp³-hybridized carbons (Fsp3) is 0.350. The van der Waals surface area contributed by atoms with E-state index in [9.17, 15) is 18.8 Å². The Balaban J connectivity index is 1.46. The Bertz CT molecular complexity index is 839. The van der Waals surface area contributed by atoms with Gasteiger partial charge in [0.1, 0.15) is 5.82 Å². The summed E-state index contributed by atoms with van der Waals surface area (Å²) in [7, 11) is 0. The van der Waals surface area contributed by atoms with Gasteiger partial charge in [-0.1, -0.05) is 12.8 Å². The number of halogens is 1. The van der Waals surface area contributed by atoms with Crippen molar-refractivity contribution in [2.24, 2.45) is 0 Å². The van der Waals surface area contributed by atoms with Gasteiger partial charge in [0.05, 0.1) is 11.4 Å². The Labute approximate surface area is 166 Å². The number of carbonyl (C=O) groups excluding carboxylic acids is 3. The van der Waals surface area contributed by atoms with Gasteiger partial charge in [0.2, 0.25) is 0 Å². The van der Waals surface area contributed by atoms with Crippen LogP contribution in [0.5, 0.6) is 0 Å². The zero-order valence-electron chi connectivity index (χ0n) is 15.3. The maximum atomic E-state index is 12.9. The smallest absolute Gasteiger partial charge is 0.279 e. The highest BCUT2D eigenvalue weighted by Gasteiger charge is 2.16. The van der Waals surface area contributed by atoms with E-state index in [1.807, 2.05) is 6.07 Å². The average molecular weight is 403 g/mol. The van der Waals surface area contributed by atoms with Gasteiger partial charge in [-0.15, -0.1) is 11.3 Å². The summed E-state index contributed by atoms with van der Waals surface area (Å²) in [5.74, 6) is -1.87. The molecular formula is C20H22FN3O3S. The molecular weight excluding hydrogens is 381 g/mol. The van der Waals surface area contributed by atoms with Crippen LogP contribution in [-0.4, -0.2) is 24.3 Å². The van der Waals surface area contributed by atoms with E-state index in [0.717, 1.165) is 25.7 Å². The number of amides is 3. The van der Waals surface area contributed by atoms with E-state index in [1.54, 1.807) is 0 Å². The second-order valence-corrected chi connectivity index (χ2v) is 7.80. The zero-order chi connectivity index (χ0) is 19.9. The molecule has 8 heteroatoms. The van der Waals surface area contributed by atoms with E-state index >= 15 is 0 Å². The third-order valence-corrected chi connectivity index (χ3v) is 5.79. The lowest BCUT2D eigenvalue weighted by Crippen LogP contribution is -2.46. The number of aryl methyl sites for hydroxylation is 2. The van der Waals surface area contributed by atoms with Gasteiger partial charge in [0.25, 0.3) is 17.7 Å². The minimum Gasteiger partial charge on any atom is -0.343 e. The summed E-state index contributed by atoms with van der Waals surface area (Å²) in [6.07, 6.45) is 6.69. The summed E-state index contributed by atoms with van der Waals surface area (Å²) in [5, 5.41) is 2.41. The predicted molar refractivity (Wildman–Crippen MR) is 105 cm³/mol. The molecule has 1 aliphatic carbocycles. The van der Waals surface area contributed by atoms with Crippen LogP contribution in [0.1, 0.15) is 56.2 Å². The predicted octanol–water partition coefficient (Wildman–Crippen LogP) is 2.74. The molecule has 1 aromatic carbocycles. The molecule has 6 nitrogen and oxygen atoms in total. The van der Waals surface area contributed by atoms with E-state index in [4.69, 9.17) is 0 Å². The Morgan fingerprint density at radius 2 is 1.64 bits per heavy atom. The van der Waals surface area contributed by atoms with Crippen molar-refractivity contribution in [3.05, 3.63) is 57.0 Å². The molecule has 0 spiro atoms. The molecule has 0 radical (unpaired) electrons. The van der Waals surface area contributed by atoms with Crippen LogP contribution in [0.15, 0.2) is 30.3 Å². The summed E-state index contributed by atoms with van der Waals surface area (Å²) in [4.78, 5) is 37.9. The minimum atomic E-state index is -0.557. The summed E-state index contributed by atoms with van der Waals surface area (Å²) < 4.78 is 12.9. The first kappa shape index (κ1) is 20.0. The number of thiophene rings is 1. The van der Waals surface area contributed by atoms with Crippen molar-refractivity contribution >= 4 is 29.1 Å². The lowest BCUT2D eigenvalue weighted by molar-refractivity contribution is -0.120. The van der Waals surface area contributed by atoms with E-state index < -0.39 is 17.6 Å². The van der Waals surface area contributed by atoms with Crippen LogP contribution in [0.3, 0.4) is 0 Å². The standard InChI is InChI=1S/C20H22FN3O3S/c21-15-9-7-13(8-10-15)19(26)22-12-18(25)23-24-20(27)17-11-14-5-3-1-2-4-6-16(14)28-17/h7-11H,1-6,12H2,(H,22,26)(H,23,25)(H,24,27). The van der Waals surface area contributed by atoms with Gasteiger partial charge in [-0.25, -0.2) is 4.39 Å². The van der Waals surface area contributed by atoms with Gasteiger partial charge in [-0.2, -0.15) is 0 Å². The van der Waals surface area contributed by atoms with Gasteiger partial charge < -0.3 is 5.32 Å². The van der Waals surface area contributed by atoms with E-state index in [0.29, 0.717) is 4.88 Å². The quantitative estimate of drug-likeness (QED) is 0.686. The number of nitrogens with one attached hydrogen (secondary N) is 3. The SMILES string of the molecule is O=C(CNC(=O)c1ccc(F)cc1)NNC(=O)c1cc2c(s1)CCCCCC2. The van der Waals surface area contributed by atoms with Gasteiger partial charge in [0, 0.05) is 10.4 Å². The van der Waals surface area contributed by atoms with E-state index in [-0.39, 0.29) is 18.0 Å². The number of carbonyl (C=O) groups is 3. The van der Waals surface area contributed by atoms with Crippen LogP contribution in [0.2, 0.25) is 0 Å². The normalized spacial score (nSPS) is 13.6. The maximum absolute atomic E-state index is 12.9. The number of benzene rings is 1. The summed E-state index contributed by atoms with van der Waals surface area (Å²) in [6.45, 7) is -0.308. The molecule has 0 atom stereocenters. The highest BCUT2D eigenvalue weighted by molar-refractivity contribution is 7.14. The molecule has 1 aromatic heterocycles. The van der Waals surface area contributed by atoms with Crippen LogP contribution in [0, 0.1) is 5.82 Å². The van der Waals surface area contributed by atoms with Crippen molar-refractivity contribution in [3.63, 3.8) is 0 Å². The van der Waals surface area contributed by atoms with Crippen LogP contribution in [0.25, 0.3) is 0 Å². The van der Waals surface area contributed by atoms with E-state index in [1.165, 1.54) is 58.9 Å². The fourth-order valence-electron chi connectivity index (χ4n) is 3.05. The molecule has 0 fully saturated rings. The molecule has 0 saturated carbocycles. The largest absolute Gasteiger partial charge is 0.343 e. The number of fused-ring (bicyclic) bond motifs is 1. The van der Waals surface area contributed by atoms with Crippen molar-refractivity contribution in [1.82, 2.24) is 16.2 Å². The molecule has 0 bridgehead atoms. The topological polar surface area (TPSA) is 87.3 Å². The molecule has 2 aromatic rings. The Hall–Kier alpha value is -2.74. The lowest BCUT2D eigenvalue weighted by Gasteiger charge is -2.08. The Morgan fingerprint density at radius 3 is 2.39 bits per heavy atom. The number of rotatable bonds is 4. The molecule has 28 heavy (non-hydrogen) atoms. The summed E-state index contributed by atoms with van der Waals surface area (Å²) in [5.41, 5.74) is 6.15. The second kappa shape index (κ2) is 9.45. The zero-order valence-corrected chi connectivity index (χ0v) is 16.2. The molecule has 3 N–H and O–H groups in total. The molecule has 148 valence electrons. The highest BCUT2D eigenvalue weighted by Crippen LogP contribution is 2.28. The van der Waals surface area contributed by atoms with Gasteiger partial charge >= 0.3 is 0 Å². The molecule has 1 aliphatic rings.